The maximum atomic E-state index is 12.7. The van der Waals surface area contributed by atoms with Crippen LogP contribution in [0.25, 0.3) is 0 Å². The average molecular weight is 539 g/mol. The van der Waals surface area contributed by atoms with E-state index in [-0.39, 0.29) is 32.5 Å². The zero-order valence-corrected chi connectivity index (χ0v) is 22.5. The average Bonchev–Trinajstić information content (AvgIpc) is 2.95. The molecule has 3 rings (SSSR count). The van der Waals surface area contributed by atoms with Gasteiger partial charge in [-0.3, -0.25) is 14.4 Å². The maximum Gasteiger partial charge on any atom is 0.310 e. The lowest BCUT2D eigenvalue weighted by molar-refractivity contribution is -0.166. The van der Waals surface area contributed by atoms with Crippen LogP contribution < -0.4 is 9.47 Å². The molecule has 0 saturated heterocycles. The van der Waals surface area contributed by atoms with Crippen molar-refractivity contribution in [2.24, 2.45) is 0 Å². The highest BCUT2D eigenvalue weighted by Gasteiger charge is 2.22. The fraction of sp³-hybridized carbons (Fsp3) is 0.367. The Bertz CT molecular complexity index is 1200. The molecule has 0 fully saturated rings. The predicted molar refractivity (Wildman–Crippen MR) is 142 cm³/mol. The number of carbonyl (C=O) groups excluding carboxylic acids is 3. The second-order valence-electron chi connectivity index (χ2n) is 8.73. The van der Waals surface area contributed by atoms with Crippen molar-refractivity contribution in [3.05, 3.63) is 83.1 Å². The van der Waals surface area contributed by atoms with E-state index >= 15 is 0 Å². The van der Waals surface area contributed by atoms with E-state index in [1.165, 1.54) is 14.2 Å². The summed E-state index contributed by atoms with van der Waals surface area (Å²) in [5, 5.41) is 0. The SMILES string of the molecule is COC1=C(CC(=O)OCC(COC(=O)Cc2ccccc2OC)OC(=O)Cc2ccccc2OC)C=CCC1. The van der Waals surface area contributed by atoms with Crippen LogP contribution in [0.5, 0.6) is 11.5 Å². The number of ether oxygens (including phenoxy) is 6. The molecule has 208 valence electrons. The molecule has 1 aliphatic carbocycles. The zero-order valence-electron chi connectivity index (χ0n) is 22.5. The van der Waals surface area contributed by atoms with Gasteiger partial charge in [0.15, 0.2) is 6.10 Å². The highest BCUT2D eigenvalue weighted by molar-refractivity contribution is 5.75. The molecule has 0 heterocycles. The predicted octanol–water partition coefficient (Wildman–Crippen LogP) is 4.13. The second-order valence-corrected chi connectivity index (χ2v) is 8.73. The van der Waals surface area contributed by atoms with Crippen molar-refractivity contribution in [2.75, 3.05) is 34.5 Å². The molecule has 39 heavy (non-hydrogen) atoms. The van der Waals surface area contributed by atoms with Gasteiger partial charge in [-0.15, -0.1) is 0 Å². The summed E-state index contributed by atoms with van der Waals surface area (Å²) in [6, 6.07) is 14.2. The molecule has 9 heteroatoms. The number of hydrogen-bond donors (Lipinski definition) is 0. The third kappa shape index (κ3) is 9.21. The Kier molecular flexibility index (Phi) is 11.4. The summed E-state index contributed by atoms with van der Waals surface area (Å²) < 4.78 is 32.3. The molecule has 0 radical (unpaired) electrons. The first kappa shape index (κ1) is 29.3. The first-order chi connectivity index (χ1) is 18.9. The van der Waals surface area contributed by atoms with Gasteiger partial charge in [0.25, 0.3) is 0 Å². The second kappa shape index (κ2) is 15.2. The molecule has 0 aromatic heterocycles. The number of allylic oxidation sites excluding steroid dienone is 3. The van der Waals surface area contributed by atoms with E-state index < -0.39 is 24.0 Å². The lowest BCUT2D eigenvalue weighted by Crippen LogP contribution is -2.31. The van der Waals surface area contributed by atoms with Crippen molar-refractivity contribution >= 4 is 17.9 Å². The van der Waals surface area contributed by atoms with E-state index in [0.717, 1.165) is 17.8 Å². The fourth-order valence-corrected chi connectivity index (χ4v) is 4.07. The molecule has 2 aromatic carbocycles. The maximum absolute atomic E-state index is 12.7. The number of para-hydroxylation sites is 2. The van der Waals surface area contributed by atoms with E-state index in [4.69, 9.17) is 28.4 Å². The Morgan fingerprint density at radius 3 is 1.82 bits per heavy atom. The van der Waals surface area contributed by atoms with Gasteiger partial charge in [0.2, 0.25) is 0 Å². The number of esters is 3. The summed E-state index contributed by atoms with van der Waals surface area (Å²) in [6.45, 7) is -0.567. The highest BCUT2D eigenvalue weighted by Crippen LogP contribution is 2.23. The van der Waals surface area contributed by atoms with Crippen LogP contribution in [0.2, 0.25) is 0 Å². The summed E-state index contributed by atoms with van der Waals surface area (Å²) in [5.74, 6) is 0.199. The number of benzene rings is 2. The molecule has 1 unspecified atom stereocenters. The molecule has 0 aliphatic heterocycles. The molecule has 0 N–H and O–H groups in total. The summed E-state index contributed by atoms with van der Waals surface area (Å²) >= 11 is 0. The molecule has 0 bridgehead atoms. The van der Waals surface area contributed by atoms with Crippen molar-refractivity contribution in [3.8, 4) is 11.5 Å². The van der Waals surface area contributed by atoms with Crippen molar-refractivity contribution in [1.82, 2.24) is 0 Å². The van der Waals surface area contributed by atoms with E-state index in [1.807, 2.05) is 12.2 Å². The third-order valence-electron chi connectivity index (χ3n) is 6.01. The van der Waals surface area contributed by atoms with Gasteiger partial charge < -0.3 is 28.4 Å². The number of carbonyl (C=O) groups is 3. The van der Waals surface area contributed by atoms with Gasteiger partial charge in [0.1, 0.15) is 24.7 Å². The van der Waals surface area contributed by atoms with Gasteiger partial charge in [0.05, 0.1) is 46.4 Å². The van der Waals surface area contributed by atoms with Crippen LogP contribution in [0.3, 0.4) is 0 Å². The van der Waals surface area contributed by atoms with Crippen molar-refractivity contribution < 1.29 is 42.8 Å². The number of methoxy groups -OCH3 is 3. The number of rotatable bonds is 14. The van der Waals surface area contributed by atoms with Crippen molar-refractivity contribution in [2.45, 2.75) is 38.2 Å². The largest absolute Gasteiger partial charge is 0.501 e. The molecule has 9 nitrogen and oxygen atoms in total. The Morgan fingerprint density at radius 2 is 1.26 bits per heavy atom. The van der Waals surface area contributed by atoms with E-state index in [1.54, 1.807) is 55.6 Å². The zero-order chi connectivity index (χ0) is 28.0. The van der Waals surface area contributed by atoms with Gasteiger partial charge >= 0.3 is 17.9 Å². The van der Waals surface area contributed by atoms with Crippen LogP contribution in [0.1, 0.15) is 30.4 Å². The molecular weight excluding hydrogens is 504 g/mol. The quantitative estimate of drug-likeness (QED) is 0.259. The molecule has 0 saturated carbocycles. The van der Waals surface area contributed by atoms with Crippen LogP contribution in [0.15, 0.2) is 72.0 Å². The monoisotopic (exact) mass is 538 g/mol. The first-order valence-electron chi connectivity index (χ1n) is 12.6. The third-order valence-corrected chi connectivity index (χ3v) is 6.01. The highest BCUT2D eigenvalue weighted by atomic mass is 16.6. The first-order valence-corrected chi connectivity index (χ1v) is 12.6. The Hall–Kier alpha value is -4.27. The Morgan fingerprint density at radius 1 is 0.718 bits per heavy atom. The van der Waals surface area contributed by atoms with E-state index in [0.29, 0.717) is 29.0 Å². The van der Waals surface area contributed by atoms with Gasteiger partial charge in [-0.2, -0.15) is 0 Å². The van der Waals surface area contributed by atoms with Gasteiger partial charge in [0, 0.05) is 23.1 Å². The lowest BCUT2D eigenvalue weighted by atomic mass is 10.0. The molecule has 0 spiro atoms. The van der Waals surface area contributed by atoms with Crippen LogP contribution in [-0.4, -0.2) is 58.6 Å². The van der Waals surface area contributed by atoms with Crippen molar-refractivity contribution in [3.63, 3.8) is 0 Å². The van der Waals surface area contributed by atoms with Crippen LogP contribution in [0.4, 0.5) is 0 Å². The van der Waals surface area contributed by atoms with Gasteiger partial charge in [-0.1, -0.05) is 48.6 Å². The molecular formula is C30H34O9. The normalized spacial score (nSPS) is 13.3. The fourth-order valence-electron chi connectivity index (χ4n) is 4.07. The van der Waals surface area contributed by atoms with Crippen LogP contribution in [-0.2, 0) is 46.2 Å². The van der Waals surface area contributed by atoms with Crippen molar-refractivity contribution in [1.29, 1.82) is 0 Å². The summed E-state index contributed by atoms with van der Waals surface area (Å²) in [4.78, 5) is 37.9. The molecule has 1 atom stereocenters. The topological polar surface area (TPSA) is 107 Å². The van der Waals surface area contributed by atoms with E-state index in [2.05, 4.69) is 0 Å². The molecule has 2 aromatic rings. The minimum atomic E-state index is -1.00. The minimum absolute atomic E-state index is 0.00907. The minimum Gasteiger partial charge on any atom is -0.501 e. The van der Waals surface area contributed by atoms with Crippen LogP contribution >= 0.6 is 0 Å². The van der Waals surface area contributed by atoms with Crippen LogP contribution in [0, 0.1) is 0 Å². The molecule has 1 aliphatic rings. The summed E-state index contributed by atoms with van der Waals surface area (Å²) in [7, 11) is 4.60. The van der Waals surface area contributed by atoms with E-state index in [9.17, 15) is 14.4 Å². The molecule has 0 amide bonds. The Labute approximate surface area is 228 Å². The summed E-state index contributed by atoms with van der Waals surface area (Å²) in [6.07, 6.45) is 4.26. The Balaban J connectivity index is 1.62. The van der Waals surface area contributed by atoms with Gasteiger partial charge in [-0.05, 0) is 18.6 Å². The van der Waals surface area contributed by atoms with Gasteiger partial charge in [-0.25, -0.2) is 0 Å². The lowest BCUT2D eigenvalue weighted by Gasteiger charge is -2.19. The standard InChI is InChI=1S/C30H34O9/c1-34-25-13-7-4-10-21(25)16-28(31)37-19-24(39-30(33)18-23-12-6-9-15-27(23)36-3)20-38-29(32)17-22-11-5-8-14-26(22)35-2/h4-7,9-13,15,24H,8,14,16-20H2,1-3H3. The summed E-state index contributed by atoms with van der Waals surface area (Å²) in [5.41, 5.74) is 2.03. The smallest absolute Gasteiger partial charge is 0.310 e. The number of hydrogen-bond acceptors (Lipinski definition) is 9.